The van der Waals surface area contributed by atoms with Crippen molar-refractivity contribution in [3.8, 4) is 0 Å². The van der Waals surface area contributed by atoms with Crippen LogP contribution in [0.5, 0.6) is 0 Å². The van der Waals surface area contributed by atoms with E-state index in [9.17, 15) is 13.2 Å². The van der Waals surface area contributed by atoms with Crippen molar-refractivity contribution in [1.82, 2.24) is 9.29 Å². The molecular formula is C11H11N3O4S. The van der Waals surface area contributed by atoms with Crippen LogP contribution in [0.25, 0.3) is 0 Å². The second-order valence-corrected chi connectivity index (χ2v) is 5.31. The first-order valence-electron chi connectivity index (χ1n) is 5.25. The molecule has 100 valence electrons. The minimum Gasteiger partial charge on any atom is -0.464 e. The van der Waals surface area contributed by atoms with Crippen molar-refractivity contribution in [1.29, 1.82) is 0 Å². The summed E-state index contributed by atoms with van der Waals surface area (Å²) in [7, 11) is -1.52. The van der Waals surface area contributed by atoms with E-state index < -0.39 is 16.2 Å². The number of carbonyl (C=O) groups is 1. The van der Waals surface area contributed by atoms with E-state index in [1.165, 1.54) is 26.4 Å². The monoisotopic (exact) mass is 281 g/mol. The largest absolute Gasteiger partial charge is 0.464 e. The molecule has 19 heavy (non-hydrogen) atoms. The highest BCUT2D eigenvalue weighted by Crippen LogP contribution is 2.19. The van der Waals surface area contributed by atoms with Crippen LogP contribution >= 0.6 is 0 Å². The van der Waals surface area contributed by atoms with Crippen LogP contribution in [0.4, 0.5) is 0 Å². The number of aromatic nitrogens is 1. The van der Waals surface area contributed by atoms with Crippen molar-refractivity contribution in [3.05, 3.63) is 41.9 Å². The first-order chi connectivity index (χ1) is 8.95. The van der Waals surface area contributed by atoms with E-state index in [1.807, 2.05) is 0 Å². The van der Waals surface area contributed by atoms with Gasteiger partial charge in [0.2, 0.25) is 0 Å². The van der Waals surface area contributed by atoms with Gasteiger partial charge in [-0.2, -0.15) is 8.42 Å². The van der Waals surface area contributed by atoms with Crippen LogP contribution < -0.4 is 0 Å². The molecule has 0 spiro atoms. The van der Waals surface area contributed by atoms with Crippen LogP contribution in [0, 0.1) is 0 Å². The van der Waals surface area contributed by atoms with Crippen LogP contribution in [0.2, 0.25) is 0 Å². The Morgan fingerprint density at radius 3 is 2.74 bits per heavy atom. The fraction of sp³-hybridized carbons (Fsp3) is 0.182. The van der Waals surface area contributed by atoms with Crippen molar-refractivity contribution >= 4 is 21.9 Å². The second kappa shape index (κ2) is 4.81. The predicted molar refractivity (Wildman–Crippen MR) is 67.6 cm³/mol. The normalized spacial score (nSPS) is 17.5. The van der Waals surface area contributed by atoms with Crippen LogP contribution in [0.15, 0.2) is 40.7 Å². The number of nitrogens with zero attached hydrogens (tertiary/aromatic N) is 3. The van der Waals surface area contributed by atoms with Gasteiger partial charge >= 0.3 is 16.2 Å². The second-order valence-electron chi connectivity index (χ2n) is 3.68. The average Bonchev–Trinajstić information content (AvgIpc) is 2.41. The first kappa shape index (κ1) is 13.2. The van der Waals surface area contributed by atoms with Crippen LogP contribution in [0.3, 0.4) is 0 Å². The molecule has 2 heterocycles. The van der Waals surface area contributed by atoms with Gasteiger partial charge < -0.3 is 4.74 Å². The molecule has 0 saturated heterocycles. The third-order valence-corrected chi connectivity index (χ3v) is 3.84. The molecule has 0 bridgehead atoms. The first-order valence-corrected chi connectivity index (χ1v) is 6.64. The third-order valence-electron chi connectivity index (χ3n) is 2.52. The third kappa shape index (κ3) is 2.48. The summed E-state index contributed by atoms with van der Waals surface area (Å²) in [5.41, 5.74) is 0.545. The molecule has 8 heteroatoms. The van der Waals surface area contributed by atoms with Gasteiger partial charge in [-0.3, -0.25) is 4.98 Å². The standard InChI is InChI=1S/C11H11N3O4S/c1-14-10(11(15)18-2)6-9(13-19(14,16)17)8-4-3-5-12-7-8/h3-7H,1-2H3. The molecule has 0 amide bonds. The summed E-state index contributed by atoms with van der Waals surface area (Å²) in [6.07, 6.45) is 4.37. The molecule has 0 fully saturated rings. The lowest BCUT2D eigenvalue weighted by Gasteiger charge is -2.22. The maximum atomic E-state index is 11.9. The number of likely N-dealkylation sites (N-methyl/N-ethyl adjacent to an activating group) is 1. The predicted octanol–water partition coefficient (Wildman–Crippen LogP) is 0.118. The molecule has 0 atom stereocenters. The van der Waals surface area contributed by atoms with E-state index in [4.69, 9.17) is 0 Å². The highest BCUT2D eigenvalue weighted by Gasteiger charge is 2.30. The molecule has 1 aromatic rings. The molecule has 0 radical (unpaired) electrons. The maximum absolute atomic E-state index is 11.9. The highest BCUT2D eigenvalue weighted by atomic mass is 32.2. The molecule has 0 aromatic carbocycles. The molecular weight excluding hydrogens is 270 g/mol. The fourth-order valence-electron chi connectivity index (χ4n) is 1.50. The van der Waals surface area contributed by atoms with Crippen molar-refractivity contribution in [2.24, 2.45) is 4.40 Å². The summed E-state index contributed by atoms with van der Waals surface area (Å²) in [5.74, 6) is -0.748. The number of pyridine rings is 1. The summed E-state index contributed by atoms with van der Waals surface area (Å²) < 4.78 is 32.7. The van der Waals surface area contributed by atoms with Gasteiger partial charge in [-0.1, -0.05) is 0 Å². The smallest absolute Gasteiger partial charge is 0.355 e. The zero-order chi connectivity index (χ0) is 14.0. The van der Waals surface area contributed by atoms with Gasteiger partial charge in [0.1, 0.15) is 5.70 Å². The van der Waals surface area contributed by atoms with E-state index in [2.05, 4.69) is 14.1 Å². The van der Waals surface area contributed by atoms with Crippen molar-refractivity contribution < 1.29 is 17.9 Å². The van der Waals surface area contributed by atoms with Gasteiger partial charge in [0, 0.05) is 25.0 Å². The number of rotatable bonds is 2. The van der Waals surface area contributed by atoms with Crippen LogP contribution in [0.1, 0.15) is 5.56 Å². The Bertz CT molecular complexity index is 664. The van der Waals surface area contributed by atoms with Gasteiger partial charge in [0.05, 0.1) is 12.8 Å². The Balaban J connectivity index is 2.56. The summed E-state index contributed by atoms with van der Waals surface area (Å²) in [4.78, 5) is 15.5. The number of methoxy groups -OCH3 is 1. The quantitative estimate of drug-likeness (QED) is 0.718. The number of ether oxygens (including phenoxy) is 1. The number of esters is 1. The molecule has 1 aliphatic rings. The zero-order valence-electron chi connectivity index (χ0n) is 10.3. The molecule has 7 nitrogen and oxygen atoms in total. The number of allylic oxidation sites excluding steroid dienone is 1. The Morgan fingerprint density at radius 1 is 1.42 bits per heavy atom. The summed E-state index contributed by atoms with van der Waals surface area (Å²) in [5, 5.41) is 0. The topological polar surface area (TPSA) is 88.9 Å². The molecule has 0 N–H and O–H groups in total. The highest BCUT2D eigenvalue weighted by molar-refractivity contribution is 7.88. The molecule has 0 aliphatic carbocycles. The van der Waals surface area contributed by atoms with Gasteiger partial charge in [0.25, 0.3) is 0 Å². The van der Waals surface area contributed by atoms with Gasteiger partial charge in [-0.15, -0.1) is 4.40 Å². The SMILES string of the molecule is COC(=O)C1=CC(c2cccnc2)=NS(=O)(=O)N1C. The molecule has 2 rings (SSSR count). The number of carbonyl (C=O) groups excluding carboxylic acids is 1. The summed E-state index contributed by atoms with van der Waals surface area (Å²) in [6.45, 7) is 0. The number of hydrogen-bond donors (Lipinski definition) is 0. The summed E-state index contributed by atoms with van der Waals surface area (Å²) >= 11 is 0. The minimum absolute atomic E-state index is 0.101. The van der Waals surface area contributed by atoms with Crippen LogP contribution in [-0.4, -0.2) is 43.5 Å². The van der Waals surface area contributed by atoms with Gasteiger partial charge in [-0.05, 0) is 18.2 Å². The van der Waals surface area contributed by atoms with E-state index in [0.717, 1.165) is 4.31 Å². The number of hydrogen-bond acceptors (Lipinski definition) is 5. The zero-order valence-corrected chi connectivity index (χ0v) is 11.1. The fourth-order valence-corrected chi connectivity index (χ4v) is 2.40. The summed E-state index contributed by atoms with van der Waals surface area (Å²) in [6, 6.07) is 3.30. The van der Waals surface area contributed by atoms with Crippen LogP contribution in [-0.2, 0) is 19.7 Å². The van der Waals surface area contributed by atoms with Gasteiger partial charge in [-0.25, -0.2) is 9.10 Å². The van der Waals surface area contributed by atoms with Crippen molar-refractivity contribution in [2.45, 2.75) is 0 Å². The Hall–Kier alpha value is -2.22. The molecule has 1 aromatic heterocycles. The lowest BCUT2D eigenvalue weighted by atomic mass is 10.1. The van der Waals surface area contributed by atoms with E-state index in [0.29, 0.717) is 5.56 Å². The maximum Gasteiger partial charge on any atom is 0.355 e. The average molecular weight is 281 g/mol. The van der Waals surface area contributed by atoms with Crippen molar-refractivity contribution in [2.75, 3.05) is 14.2 Å². The Morgan fingerprint density at radius 2 is 2.16 bits per heavy atom. The van der Waals surface area contributed by atoms with Gasteiger partial charge in [0.15, 0.2) is 0 Å². The van der Waals surface area contributed by atoms with Crippen molar-refractivity contribution in [3.63, 3.8) is 0 Å². The Labute approximate surface area is 110 Å². The minimum atomic E-state index is -3.94. The molecule has 0 unspecified atom stereocenters. The lowest BCUT2D eigenvalue weighted by molar-refractivity contribution is -0.137. The van der Waals surface area contributed by atoms with E-state index >= 15 is 0 Å². The van der Waals surface area contributed by atoms with E-state index in [1.54, 1.807) is 18.3 Å². The van der Waals surface area contributed by atoms with E-state index in [-0.39, 0.29) is 11.4 Å². The lowest BCUT2D eigenvalue weighted by Crippen LogP contribution is -2.33. The molecule has 1 aliphatic heterocycles. The molecule has 0 saturated carbocycles. The Kier molecular flexibility index (Phi) is 3.34.